The summed E-state index contributed by atoms with van der Waals surface area (Å²) in [6.45, 7) is 1.29. The maximum absolute atomic E-state index is 12.8. The fourth-order valence-electron chi connectivity index (χ4n) is 2.87. The molecule has 2 aliphatic rings. The van der Waals surface area contributed by atoms with Gasteiger partial charge in [-0.2, -0.15) is 0 Å². The molecule has 3 unspecified atom stereocenters. The van der Waals surface area contributed by atoms with E-state index >= 15 is 0 Å². The Morgan fingerprint density at radius 3 is 2.55 bits per heavy atom. The Morgan fingerprint density at radius 1 is 1.10 bits per heavy atom. The zero-order valence-electron chi connectivity index (χ0n) is 11.2. The highest BCUT2D eigenvalue weighted by Gasteiger charge is 2.34. The summed E-state index contributed by atoms with van der Waals surface area (Å²) in [6, 6.07) is 5.68. The molecule has 3 rings (SSSR count). The lowest BCUT2D eigenvalue weighted by atomic mass is 9.89. The van der Waals surface area contributed by atoms with Crippen molar-refractivity contribution in [2.45, 2.75) is 37.5 Å². The van der Waals surface area contributed by atoms with Crippen molar-refractivity contribution in [1.82, 2.24) is 5.32 Å². The summed E-state index contributed by atoms with van der Waals surface area (Å²) in [5, 5.41) is 2.99. The second-order valence-corrected chi connectivity index (χ2v) is 5.31. The Hall–Kier alpha value is -1.46. The van der Waals surface area contributed by atoms with Crippen molar-refractivity contribution in [1.29, 1.82) is 0 Å². The molecular formula is C15H18FNO3. The number of halogens is 1. The van der Waals surface area contributed by atoms with E-state index in [4.69, 9.17) is 9.47 Å². The van der Waals surface area contributed by atoms with Gasteiger partial charge in [0.2, 0.25) is 0 Å². The largest absolute Gasteiger partial charge is 0.373 e. The van der Waals surface area contributed by atoms with Crippen LogP contribution in [0.5, 0.6) is 0 Å². The number of fused-ring (bicyclic) bond motifs is 1. The van der Waals surface area contributed by atoms with Gasteiger partial charge in [0.05, 0.1) is 25.4 Å². The molecule has 1 aliphatic carbocycles. The Kier molecular flexibility index (Phi) is 3.98. The molecule has 1 N–H and O–H groups in total. The summed E-state index contributed by atoms with van der Waals surface area (Å²) in [5.41, 5.74) is 0.481. The van der Waals surface area contributed by atoms with Gasteiger partial charge in [0, 0.05) is 11.6 Å². The number of amides is 1. The molecule has 5 heteroatoms. The van der Waals surface area contributed by atoms with Gasteiger partial charge in [0.1, 0.15) is 5.82 Å². The minimum Gasteiger partial charge on any atom is -0.373 e. The normalized spacial score (nSPS) is 29.6. The Balaban J connectivity index is 1.58. The van der Waals surface area contributed by atoms with Crippen LogP contribution in [0.3, 0.4) is 0 Å². The van der Waals surface area contributed by atoms with E-state index in [1.54, 1.807) is 0 Å². The van der Waals surface area contributed by atoms with Crippen LogP contribution in [0.15, 0.2) is 24.3 Å². The average molecular weight is 279 g/mol. The van der Waals surface area contributed by atoms with Crippen LogP contribution >= 0.6 is 0 Å². The summed E-state index contributed by atoms with van der Waals surface area (Å²) in [5.74, 6) is -0.500. The molecule has 0 bridgehead atoms. The van der Waals surface area contributed by atoms with Gasteiger partial charge >= 0.3 is 0 Å². The van der Waals surface area contributed by atoms with E-state index < -0.39 is 0 Å². The number of hydrogen-bond acceptors (Lipinski definition) is 3. The van der Waals surface area contributed by atoms with E-state index in [9.17, 15) is 9.18 Å². The number of carbonyl (C=O) groups excluding carboxylic acids is 1. The highest BCUT2D eigenvalue weighted by Crippen LogP contribution is 2.26. The zero-order valence-corrected chi connectivity index (χ0v) is 11.2. The monoisotopic (exact) mass is 279 g/mol. The van der Waals surface area contributed by atoms with Gasteiger partial charge in [-0.3, -0.25) is 4.79 Å². The number of nitrogens with one attached hydrogen (secondary N) is 1. The van der Waals surface area contributed by atoms with Crippen LogP contribution in [-0.4, -0.2) is 37.4 Å². The third-order valence-electron chi connectivity index (χ3n) is 3.92. The van der Waals surface area contributed by atoms with Crippen LogP contribution in [0.4, 0.5) is 4.39 Å². The van der Waals surface area contributed by atoms with Crippen LogP contribution in [0, 0.1) is 5.82 Å². The zero-order chi connectivity index (χ0) is 13.9. The third kappa shape index (κ3) is 2.99. The third-order valence-corrected chi connectivity index (χ3v) is 3.92. The first-order valence-electron chi connectivity index (χ1n) is 7.02. The Bertz CT molecular complexity index is 477. The summed E-state index contributed by atoms with van der Waals surface area (Å²) >= 11 is 0. The molecule has 1 aromatic carbocycles. The van der Waals surface area contributed by atoms with E-state index in [-0.39, 0.29) is 30.0 Å². The minimum atomic E-state index is -0.338. The Morgan fingerprint density at radius 2 is 1.80 bits per heavy atom. The van der Waals surface area contributed by atoms with Crippen LogP contribution in [0.2, 0.25) is 0 Å². The van der Waals surface area contributed by atoms with Gasteiger partial charge in [0.25, 0.3) is 5.91 Å². The van der Waals surface area contributed by atoms with Gasteiger partial charge in [-0.25, -0.2) is 4.39 Å². The predicted molar refractivity (Wildman–Crippen MR) is 71.0 cm³/mol. The topological polar surface area (TPSA) is 47.6 Å². The van der Waals surface area contributed by atoms with Gasteiger partial charge in [0.15, 0.2) is 0 Å². The summed E-state index contributed by atoms with van der Waals surface area (Å²) in [6.07, 6.45) is 2.81. The molecule has 1 saturated carbocycles. The lowest BCUT2D eigenvalue weighted by Crippen LogP contribution is -2.49. The van der Waals surface area contributed by atoms with Crippen molar-refractivity contribution < 1.29 is 18.7 Å². The molecule has 0 aromatic heterocycles. The van der Waals surface area contributed by atoms with Crippen LogP contribution in [-0.2, 0) is 9.47 Å². The smallest absolute Gasteiger partial charge is 0.251 e. The van der Waals surface area contributed by atoms with Crippen molar-refractivity contribution in [2.75, 3.05) is 13.2 Å². The molecule has 108 valence electrons. The van der Waals surface area contributed by atoms with Crippen molar-refractivity contribution >= 4 is 5.91 Å². The molecule has 1 saturated heterocycles. The van der Waals surface area contributed by atoms with E-state index in [0.717, 1.165) is 19.3 Å². The number of carbonyl (C=O) groups is 1. The number of hydrogen-bond donors (Lipinski definition) is 1. The molecule has 0 spiro atoms. The van der Waals surface area contributed by atoms with E-state index in [1.807, 2.05) is 0 Å². The van der Waals surface area contributed by atoms with E-state index in [0.29, 0.717) is 18.8 Å². The highest BCUT2D eigenvalue weighted by atomic mass is 19.1. The molecule has 2 fully saturated rings. The molecule has 1 amide bonds. The van der Waals surface area contributed by atoms with Crippen LogP contribution in [0.25, 0.3) is 0 Å². The average Bonchev–Trinajstić information content (AvgIpc) is 2.48. The molecular weight excluding hydrogens is 261 g/mol. The summed E-state index contributed by atoms with van der Waals surface area (Å²) in [4.78, 5) is 12.1. The maximum Gasteiger partial charge on any atom is 0.251 e. The number of ether oxygens (including phenoxy) is 2. The van der Waals surface area contributed by atoms with Gasteiger partial charge in [-0.1, -0.05) is 0 Å². The quantitative estimate of drug-likeness (QED) is 0.899. The van der Waals surface area contributed by atoms with Crippen molar-refractivity contribution in [3.63, 3.8) is 0 Å². The molecule has 1 aromatic rings. The van der Waals surface area contributed by atoms with Crippen LogP contribution in [0.1, 0.15) is 29.6 Å². The second kappa shape index (κ2) is 5.89. The van der Waals surface area contributed by atoms with Gasteiger partial charge in [-0.05, 0) is 43.5 Å². The van der Waals surface area contributed by atoms with Crippen LogP contribution < -0.4 is 5.32 Å². The van der Waals surface area contributed by atoms with E-state index in [2.05, 4.69) is 5.32 Å². The van der Waals surface area contributed by atoms with Crippen molar-refractivity contribution in [3.05, 3.63) is 35.6 Å². The number of rotatable bonds is 2. The molecule has 0 radical (unpaired) electrons. The highest BCUT2D eigenvalue weighted by molar-refractivity contribution is 5.94. The molecule has 4 nitrogen and oxygen atoms in total. The first-order chi connectivity index (χ1) is 9.72. The molecule has 1 heterocycles. The van der Waals surface area contributed by atoms with E-state index in [1.165, 1.54) is 24.3 Å². The maximum atomic E-state index is 12.8. The first-order valence-corrected chi connectivity index (χ1v) is 7.02. The summed E-state index contributed by atoms with van der Waals surface area (Å²) in [7, 11) is 0. The molecule has 3 atom stereocenters. The predicted octanol–water partition coefficient (Wildman–Crippen LogP) is 1.89. The molecule has 20 heavy (non-hydrogen) atoms. The summed E-state index contributed by atoms with van der Waals surface area (Å²) < 4.78 is 24.2. The fourth-order valence-corrected chi connectivity index (χ4v) is 2.87. The van der Waals surface area contributed by atoms with Gasteiger partial charge < -0.3 is 14.8 Å². The molecule has 1 aliphatic heterocycles. The van der Waals surface area contributed by atoms with Gasteiger partial charge in [-0.15, -0.1) is 0 Å². The first kappa shape index (κ1) is 13.5. The lowest BCUT2D eigenvalue weighted by Gasteiger charge is -2.39. The van der Waals surface area contributed by atoms with Crippen molar-refractivity contribution in [3.8, 4) is 0 Å². The minimum absolute atomic E-state index is 0.0796. The van der Waals surface area contributed by atoms with Crippen molar-refractivity contribution in [2.24, 2.45) is 0 Å². The standard InChI is InChI=1S/C15H18FNO3/c16-11-3-1-10(2-4-11)15(18)17-12-5-6-13-14(9-12)20-8-7-19-13/h1-4,12-14H,5-9H2,(H,17,18). The second-order valence-electron chi connectivity index (χ2n) is 5.31. The Labute approximate surface area is 117 Å². The number of benzene rings is 1. The fraction of sp³-hybridized carbons (Fsp3) is 0.533. The lowest BCUT2D eigenvalue weighted by molar-refractivity contribution is -0.157. The SMILES string of the molecule is O=C(NC1CCC2OCCOC2C1)c1ccc(F)cc1.